The summed E-state index contributed by atoms with van der Waals surface area (Å²) in [7, 11) is 1.46. The molecule has 1 amide bonds. The Balaban J connectivity index is 2.50. The summed E-state index contributed by atoms with van der Waals surface area (Å²) in [5.74, 6) is -0.321. The average Bonchev–Trinajstić information content (AvgIpc) is 2.26. The minimum absolute atomic E-state index is 0.0608. The van der Waals surface area contributed by atoms with Crippen LogP contribution >= 0.6 is 0 Å². The van der Waals surface area contributed by atoms with Gasteiger partial charge in [-0.25, -0.2) is 9.18 Å². The lowest BCUT2D eigenvalue weighted by molar-refractivity contribution is 0.141. The first-order valence-corrected chi connectivity index (χ1v) is 4.49. The third-order valence-electron chi connectivity index (χ3n) is 1.90. The van der Waals surface area contributed by atoms with Crippen LogP contribution in [0.25, 0.3) is 0 Å². The minimum Gasteiger partial charge on any atom is -0.448 e. The third-order valence-corrected chi connectivity index (χ3v) is 1.90. The van der Waals surface area contributed by atoms with E-state index in [4.69, 9.17) is 10.5 Å². The molecule has 0 radical (unpaired) electrons. The number of rotatable bonds is 3. The van der Waals surface area contributed by atoms with Gasteiger partial charge in [0.1, 0.15) is 12.4 Å². The van der Waals surface area contributed by atoms with Crippen molar-refractivity contribution >= 4 is 6.09 Å². The second-order valence-corrected chi connectivity index (χ2v) is 3.01. The number of hydrogen-bond donors (Lipinski definition) is 2. The highest BCUT2D eigenvalue weighted by Gasteiger charge is 2.08. The van der Waals surface area contributed by atoms with Crippen molar-refractivity contribution in [1.82, 2.24) is 5.32 Å². The van der Waals surface area contributed by atoms with Gasteiger partial charge in [-0.1, -0.05) is 12.1 Å². The molecule has 1 aromatic carbocycles. The van der Waals surface area contributed by atoms with Crippen LogP contribution in [0.1, 0.15) is 11.6 Å². The molecule has 0 aromatic heterocycles. The van der Waals surface area contributed by atoms with E-state index in [1.807, 2.05) is 0 Å². The molecule has 1 atom stereocenters. The van der Waals surface area contributed by atoms with Crippen molar-refractivity contribution in [2.45, 2.75) is 6.04 Å². The fourth-order valence-corrected chi connectivity index (χ4v) is 1.04. The number of amides is 1. The second kappa shape index (κ2) is 5.31. The van der Waals surface area contributed by atoms with Gasteiger partial charge in [0.05, 0.1) is 6.04 Å². The molecule has 15 heavy (non-hydrogen) atoms. The van der Waals surface area contributed by atoms with Crippen molar-refractivity contribution in [3.8, 4) is 0 Å². The summed E-state index contributed by atoms with van der Waals surface area (Å²) in [4.78, 5) is 10.8. The normalized spacial score (nSPS) is 11.9. The van der Waals surface area contributed by atoms with Crippen LogP contribution in [-0.2, 0) is 4.74 Å². The molecule has 0 saturated heterocycles. The largest absolute Gasteiger partial charge is 0.448 e. The zero-order chi connectivity index (χ0) is 11.3. The lowest BCUT2D eigenvalue weighted by Gasteiger charge is -2.12. The molecule has 0 heterocycles. The van der Waals surface area contributed by atoms with E-state index in [2.05, 4.69) is 5.32 Å². The zero-order valence-electron chi connectivity index (χ0n) is 8.37. The number of carbonyl (C=O) groups excluding carboxylic acids is 1. The molecule has 0 spiro atoms. The van der Waals surface area contributed by atoms with E-state index in [9.17, 15) is 9.18 Å². The predicted octanol–water partition coefficient (Wildman–Crippen LogP) is 1.18. The highest BCUT2D eigenvalue weighted by atomic mass is 19.1. The van der Waals surface area contributed by atoms with Gasteiger partial charge < -0.3 is 15.8 Å². The molecule has 4 nitrogen and oxygen atoms in total. The summed E-state index contributed by atoms with van der Waals surface area (Å²) in [5, 5.41) is 2.30. The Bertz CT molecular complexity index is 327. The van der Waals surface area contributed by atoms with Gasteiger partial charge in [0.15, 0.2) is 0 Å². The molecule has 0 unspecified atom stereocenters. The minimum atomic E-state index is -0.535. The number of halogens is 1. The number of ether oxygens (including phenoxy) is 1. The molecule has 5 heteroatoms. The lowest BCUT2D eigenvalue weighted by Crippen LogP contribution is -2.25. The number of benzene rings is 1. The standard InChI is InChI=1S/C10H13FN2O2/c1-13-10(14)15-6-9(12)7-2-4-8(11)5-3-7/h2-5,9H,6,12H2,1H3,(H,13,14)/t9-/m0/s1. The highest BCUT2D eigenvalue weighted by Crippen LogP contribution is 2.11. The van der Waals surface area contributed by atoms with Crippen molar-refractivity contribution in [3.63, 3.8) is 0 Å². The van der Waals surface area contributed by atoms with E-state index in [1.165, 1.54) is 19.2 Å². The van der Waals surface area contributed by atoms with Gasteiger partial charge in [0, 0.05) is 7.05 Å². The average molecular weight is 212 g/mol. The quantitative estimate of drug-likeness (QED) is 0.790. The van der Waals surface area contributed by atoms with Gasteiger partial charge in [0.25, 0.3) is 0 Å². The maximum atomic E-state index is 12.6. The zero-order valence-corrected chi connectivity index (χ0v) is 8.37. The Kier molecular flexibility index (Phi) is 4.05. The molecule has 3 N–H and O–H groups in total. The van der Waals surface area contributed by atoms with E-state index < -0.39 is 12.1 Å². The van der Waals surface area contributed by atoms with Gasteiger partial charge in [0.2, 0.25) is 0 Å². The SMILES string of the molecule is CNC(=O)OC[C@H](N)c1ccc(F)cc1. The second-order valence-electron chi connectivity index (χ2n) is 3.01. The van der Waals surface area contributed by atoms with Crippen molar-refractivity contribution in [2.75, 3.05) is 13.7 Å². The molecule has 0 fully saturated rings. The maximum absolute atomic E-state index is 12.6. The van der Waals surface area contributed by atoms with E-state index >= 15 is 0 Å². The van der Waals surface area contributed by atoms with E-state index in [-0.39, 0.29) is 12.4 Å². The Hall–Kier alpha value is -1.62. The molecule has 0 aliphatic carbocycles. The van der Waals surface area contributed by atoms with Crippen LogP contribution in [0.5, 0.6) is 0 Å². The van der Waals surface area contributed by atoms with Crippen LogP contribution in [0.2, 0.25) is 0 Å². The number of carbonyl (C=O) groups is 1. The van der Waals surface area contributed by atoms with Crippen LogP contribution in [-0.4, -0.2) is 19.7 Å². The first-order valence-electron chi connectivity index (χ1n) is 4.49. The van der Waals surface area contributed by atoms with Crippen LogP contribution in [0, 0.1) is 5.82 Å². The molecule has 0 aliphatic rings. The molecule has 1 rings (SSSR count). The highest BCUT2D eigenvalue weighted by molar-refractivity contribution is 5.66. The van der Waals surface area contributed by atoms with Crippen LogP contribution < -0.4 is 11.1 Å². The molecule has 82 valence electrons. The molecule has 0 saturated carbocycles. The number of hydrogen-bond acceptors (Lipinski definition) is 3. The Morgan fingerprint density at radius 1 is 1.53 bits per heavy atom. The molecular formula is C10H13FN2O2. The number of nitrogens with two attached hydrogens (primary N) is 1. The maximum Gasteiger partial charge on any atom is 0.406 e. The van der Waals surface area contributed by atoms with Crippen molar-refractivity contribution in [2.24, 2.45) is 5.73 Å². The summed E-state index contributed by atoms with van der Waals surface area (Å²) in [5.41, 5.74) is 6.44. The first-order chi connectivity index (χ1) is 7.13. The Morgan fingerprint density at radius 2 is 2.13 bits per heavy atom. The van der Waals surface area contributed by atoms with Gasteiger partial charge in [-0.2, -0.15) is 0 Å². The predicted molar refractivity (Wildman–Crippen MR) is 53.7 cm³/mol. The van der Waals surface area contributed by atoms with E-state index in [0.717, 1.165) is 5.56 Å². The van der Waals surface area contributed by atoms with Crippen molar-refractivity contribution in [1.29, 1.82) is 0 Å². The van der Waals surface area contributed by atoms with Gasteiger partial charge in [-0.05, 0) is 17.7 Å². The summed E-state index contributed by atoms with van der Waals surface area (Å²) < 4.78 is 17.4. The number of nitrogens with one attached hydrogen (secondary N) is 1. The third kappa shape index (κ3) is 3.55. The van der Waals surface area contributed by atoms with Crippen LogP contribution in [0.3, 0.4) is 0 Å². The first kappa shape index (κ1) is 11.5. The number of alkyl carbamates (subject to hydrolysis) is 1. The summed E-state index contributed by atoms with van der Waals surface area (Å²) in [6, 6.07) is 5.31. The summed E-state index contributed by atoms with van der Waals surface area (Å²) >= 11 is 0. The summed E-state index contributed by atoms with van der Waals surface area (Å²) in [6.45, 7) is 0.0608. The smallest absolute Gasteiger partial charge is 0.406 e. The van der Waals surface area contributed by atoms with Crippen LogP contribution in [0.4, 0.5) is 9.18 Å². The van der Waals surface area contributed by atoms with E-state index in [0.29, 0.717) is 0 Å². The fraction of sp³-hybridized carbons (Fsp3) is 0.300. The Morgan fingerprint density at radius 3 is 2.67 bits per heavy atom. The van der Waals surface area contributed by atoms with Gasteiger partial charge in [-0.3, -0.25) is 0 Å². The topological polar surface area (TPSA) is 64.3 Å². The molecule has 1 aromatic rings. The van der Waals surface area contributed by atoms with Gasteiger partial charge in [-0.15, -0.1) is 0 Å². The van der Waals surface area contributed by atoms with Gasteiger partial charge >= 0.3 is 6.09 Å². The van der Waals surface area contributed by atoms with Crippen molar-refractivity contribution in [3.05, 3.63) is 35.6 Å². The fourth-order valence-electron chi connectivity index (χ4n) is 1.04. The Labute approximate surface area is 87.2 Å². The molecule has 0 bridgehead atoms. The van der Waals surface area contributed by atoms with Crippen LogP contribution in [0.15, 0.2) is 24.3 Å². The lowest BCUT2D eigenvalue weighted by atomic mass is 10.1. The summed E-state index contributed by atoms with van der Waals surface area (Å²) in [6.07, 6.45) is -0.535. The molecule has 0 aliphatic heterocycles. The van der Waals surface area contributed by atoms with E-state index in [1.54, 1.807) is 12.1 Å². The monoisotopic (exact) mass is 212 g/mol. The van der Waals surface area contributed by atoms with Crippen molar-refractivity contribution < 1.29 is 13.9 Å². The molecular weight excluding hydrogens is 199 g/mol.